The molecule has 1 aromatic rings. The molecule has 2 amide bonds. The van der Waals surface area contributed by atoms with Crippen molar-refractivity contribution in [2.24, 2.45) is 0 Å². The number of rotatable bonds is 0. The molecule has 1 unspecified atom stereocenters. The van der Waals surface area contributed by atoms with Crippen molar-refractivity contribution in [2.45, 2.75) is 38.2 Å². The van der Waals surface area contributed by atoms with Gasteiger partial charge in [0, 0.05) is 24.3 Å². The largest absolute Gasteiger partial charge is 0.444 e. The fourth-order valence-electron chi connectivity index (χ4n) is 3.15. The number of carbonyl (C=O) groups excluding carboxylic acids is 2. The van der Waals surface area contributed by atoms with Gasteiger partial charge in [0.25, 0.3) is 0 Å². The molecule has 1 N–H and O–H groups in total. The first kappa shape index (κ1) is 14.8. The van der Waals surface area contributed by atoms with Crippen molar-refractivity contribution in [1.29, 1.82) is 0 Å². The second-order valence-corrected chi connectivity index (χ2v) is 6.85. The van der Waals surface area contributed by atoms with E-state index in [0.717, 1.165) is 0 Å². The number of hydrogen-bond donors (Lipinski definition) is 1. The average Bonchev–Trinajstić information content (AvgIpc) is 2.93. The quantitative estimate of drug-likeness (QED) is 0.801. The minimum atomic E-state index is -1.00. The number of ether oxygens (including phenoxy) is 1. The Labute approximate surface area is 128 Å². The number of carbonyl (C=O) groups is 2. The number of likely N-dealkylation sites (tertiary alicyclic amines) is 1. The molecular formula is C16H19FN2O3. The standard InChI is InChI=1S/C16H19FN2O3/c1-15(2,3)22-14(21)19-8-7-16(9-19)12-10(17)5-4-6-11(12)18-13(16)20/h4-6H,7-9H2,1-3H3,(H,18,20). The smallest absolute Gasteiger partial charge is 0.410 e. The first-order valence-corrected chi connectivity index (χ1v) is 7.31. The van der Waals surface area contributed by atoms with Crippen molar-refractivity contribution in [2.75, 3.05) is 18.4 Å². The molecule has 118 valence electrons. The second-order valence-electron chi connectivity index (χ2n) is 6.85. The summed E-state index contributed by atoms with van der Waals surface area (Å²) in [6, 6.07) is 4.59. The molecule has 0 saturated carbocycles. The lowest BCUT2D eigenvalue weighted by Crippen LogP contribution is -2.41. The summed E-state index contributed by atoms with van der Waals surface area (Å²) < 4.78 is 19.6. The van der Waals surface area contributed by atoms with Crippen molar-refractivity contribution < 1.29 is 18.7 Å². The van der Waals surface area contributed by atoms with Crippen LogP contribution in [-0.2, 0) is 14.9 Å². The molecule has 1 saturated heterocycles. The number of nitrogens with one attached hydrogen (secondary N) is 1. The molecule has 1 aromatic carbocycles. The maximum Gasteiger partial charge on any atom is 0.410 e. The lowest BCUT2D eigenvalue weighted by atomic mass is 9.80. The molecule has 5 nitrogen and oxygen atoms in total. The highest BCUT2D eigenvalue weighted by Crippen LogP contribution is 2.45. The van der Waals surface area contributed by atoms with Crippen LogP contribution in [0.2, 0.25) is 0 Å². The Bertz CT molecular complexity index is 653. The molecule has 0 bridgehead atoms. The van der Waals surface area contributed by atoms with Crippen LogP contribution in [0.15, 0.2) is 18.2 Å². The van der Waals surface area contributed by atoms with E-state index in [2.05, 4.69) is 5.32 Å². The molecule has 3 rings (SSSR count). The summed E-state index contributed by atoms with van der Waals surface area (Å²) in [5.74, 6) is -0.666. The van der Waals surface area contributed by atoms with Crippen molar-refractivity contribution >= 4 is 17.7 Å². The summed E-state index contributed by atoms with van der Waals surface area (Å²) in [5.41, 5.74) is -0.743. The van der Waals surface area contributed by atoms with Crippen LogP contribution in [0.25, 0.3) is 0 Å². The summed E-state index contributed by atoms with van der Waals surface area (Å²) in [7, 11) is 0. The Hall–Kier alpha value is -2.11. The van der Waals surface area contributed by atoms with Gasteiger partial charge < -0.3 is 15.0 Å². The second kappa shape index (κ2) is 4.69. The molecule has 1 atom stereocenters. The molecule has 2 aliphatic rings. The molecule has 2 aliphatic heterocycles. The van der Waals surface area contributed by atoms with E-state index in [4.69, 9.17) is 4.74 Å². The van der Waals surface area contributed by atoms with E-state index in [1.54, 1.807) is 32.9 Å². The maximum absolute atomic E-state index is 14.2. The lowest BCUT2D eigenvalue weighted by Gasteiger charge is -2.26. The highest BCUT2D eigenvalue weighted by atomic mass is 19.1. The van der Waals surface area contributed by atoms with E-state index in [0.29, 0.717) is 24.2 Å². The fourth-order valence-corrected chi connectivity index (χ4v) is 3.15. The minimum Gasteiger partial charge on any atom is -0.444 e. The summed E-state index contributed by atoms with van der Waals surface area (Å²) in [6.07, 6.45) is -0.0756. The van der Waals surface area contributed by atoms with Crippen molar-refractivity contribution in [3.05, 3.63) is 29.6 Å². The fraction of sp³-hybridized carbons (Fsp3) is 0.500. The van der Waals surface area contributed by atoms with Gasteiger partial charge in [-0.1, -0.05) is 6.07 Å². The van der Waals surface area contributed by atoms with E-state index in [-0.39, 0.29) is 12.5 Å². The monoisotopic (exact) mass is 306 g/mol. The predicted octanol–water partition coefficient (Wildman–Crippen LogP) is 2.66. The number of nitrogens with zero attached hydrogens (tertiary/aromatic N) is 1. The van der Waals surface area contributed by atoms with Crippen LogP contribution in [0.5, 0.6) is 0 Å². The van der Waals surface area contributed by atoms with Crippen molar-refractivity contribution in [3.8, 4) is 0 Å². The van der Waals surface area contributed by atoms with Gasteiger partial charge in [-0.25, -0.2) is 9.18 Å². The van der Waals surface area contributed by atoms with Gasteiger partial charge in [0.2, 0.25) is 5.91 Å². The highest BCUT2D eigenvalue weighted by molar-refractivity contribution is 6.07. The van der Waals surface area contributed by atoms with Gasteiger partial charge in [-0.05, 0) is 39.3 Å². The number of benzene rings is 1. The number of hydrogen-bond acceptors (Lipinski definition) is 3. The molecule has 6 heteroatoms. The van der Waals surface area contributed by atoms with Crippen molar-refractivity contribution in [1.82, 2.24) is 4.90 Å². The predicted molar refractivity (Wildman–Crippen MR) is 79.1 cm³/mol. The highest BCUT2D eigenvalue weighted by Gasteiger charge is 2.54. The molecule has 2 heterocycles. The molecule has 0 radical (unpaired) electrons. The zero-order chi connectivity index (χ0) is 16.1. The summed E-state index contributed by atoms with van der Waals surface area (Å²) in [6.45, 7) is 5.87. The zero-order valence-electron chi connectivity index (χ0n) is 12.9. The summed E-state index contributed by atoms with van der Waals surface area (Å²) in [5, 5.41) is 2.72. The van der Waals surface area contributed by atoms with E-state index in [9.17, 15) is 14.0 Å². The number of amides is 2. The average molecular weight is 306 g/mol. The van der Waals surface area contributed by atoms with Gasteiger partial charge in [-0.15, -0.1) is 0 Å². The number of halogens is 1. The third-order valence-corrected chi connectivity index (χ3v) is 4.10. The normalized spacial score (nSPS) is 23.6. The Morgan fingerprint density at radius 1 is 1.41 bits per heavy atom. The number of anilines is 1. The third kappa shape index (κ3) is 2.23. The third-order valence-electron chi connectivity index (χ3n) is 4.10. The van der Waals surface area contributed by atoms with Gasteiger partial charge in [0.1, 0.15) is 11.4 Å². The van der Waals surface area contributed by atoms with Gasteiger partial charge in [0.05, 0.1) is 5.41 Å². The van der Waals surface area contributed by atoms with Crippen LogP contribution < -0.4 is 5.32 Å². The van der Waals surface area contributed by atoms with Crippen LogP contribution in [0, 0.1) is 5.82 Å². The van der Waals surface area contributed by atoms with E-state index >= 15 is 0 Å². The van der Waals surface area contributed by atoms with Crippen LogP contribution in [0.1, 0.15) is 32.8 Å². The van der Waals surface area contributed by atoms with Crippen LogP contribution in [0.3, 0.4) is 0 Å². The van der Waals surface area contributed by atoms with E-state index in [1.807, 2.05) is 0 Å². The molecule has 1 spiro atoms. The van der Waals surface area contributed by atoms with Gasteiger partial charge in [0.15, 0.2) is 0 Å². The topological polar surface area (TPSA) is 58.6 Å². The van der Waals surface area contributed by atoms with Gasteiger partial charge in [-0.3, -0.25) is 4.79 Å². The van der Waals surface area contributed by atoms with Crippen molar-refractivity contribution in [3.63, 3.8) is 0 Å². The summed E-state index contributed by atoms with van der Waals surface area (Å²) in [4.78, 5) is 26.1. The Morgan fingerprint density at radius 2 is 2.14 bits per heavy atom. The SMILES string of the molecule is CC(C)(C)OC(=O)N1CCC2(C1)C(=O)Nc1cccc(F)c12. The van der Waals surface area contributed by atoms with Crippen LogP contribution >= 0.6 is 0 Å². The Kier molecular flexibility index (Phi) is 3.16. The van der Waals surface area contributed by atoms with E-state index < -0.39 is 22.9 Å². The first-order valence-electron chi connectivity index (χ1n) is 7.31. The van der Waals surface area contributed by atoms with Gasteiger partial charge >= 0.3 is 6.09 Å². The molecule has 0 aliphatic carbocycles. The molecule has 1 fully saturated rings. The molecule has 0 aromatic heterocycles. The van der Waals surface area contributed by atoms with Gasteiger partial charge in [-0.2, -0.15) is 0 Å². The summed E-state index contributed by atoms with van der Waals surface area (Å²) >= 11 is 0. The molecular weight excluding hydrogens is 287 g/mol. The minimum absolute atomic E-state index is 0.141. The Morgan fingerprint density at radius 3 is 2.82 bits per heavy atom. The maximum atomic E-state index is 14.2. The van der Waals surface area contributed by atoms with E-state index in [1.165, 1.54) is 11.0 Å². The molecule has 22 heavy (non-hydrogen) atoms. The zero-order valence-corrected chi connectivity index (χ0v) is 12.9. The van der Waals surface area contributed by atoms with Crippen LogP contribution in [-0.4, -0.2) is 35.6 Å². The number of fused-ring (bicyclic) bond motifs is 2. The first-order chi connectivity index (χ1) is 10.2. The lowest BCUT2D eigenvalue weighted by molar-refractivity contribution is -0.120. The van der Waals surface area contributed by atoms with Crippen LogP contribution in [0.4, 0.5) is 14.9 Å². The Balaban J connectivity index is 1.89.